The Morgan fingerprint density at radius 2 is 2.08 bits per heavy atom. The fraction of sp³-hybridized carbons (Fsp3) is 0.278. The topological polar surface area (TPSA) is 104 Å². The molecule has 1 aliphatic rings. The van der Waals surface area contributed by atoms with E-state index in [-0.39, 0.29) is 17.5 Å². The molecule has 3 heterocycles. The number of fused-ring (bicyclic) bond motifs is 1. The number of H-pyrrole nitrogens is 1. The quantitative estimate of drug-likeness (QED) is 0.658. The summed E-state index contributed by atoms with van der Waals surface area (Å²) in [4.78, 5) is 26.0. The van der Waals surface area contributed by atoms with Crippen molar-refractivity contribution in [1.29, 1.82) is 0 Å². The van der Waals surface area contributed by atoms with Crippen LogP contribution in [0.4, 0.5) is 0 Å². The van der Waals surface area contributed by atoms with Crippen molar-refractivity contribution in [2.45, 2.75) is 25.9 Å². The molecule has 0 aliphatic carbocycles. The first-order chi connectivity index (χ1) is 12.5. The van der Waals surface area contributed by atoms with Crippen LogP contribution < -0.4 is 16.7 Å². The summed E-state index contributed by atoms with van der Waals surface area (Å²) < 4.78 is 3.16. The number of hydrazone groups is 1. The van der Waals surface area contributed by atoms with Gasteiger partial charge in [-0.05, 0) is 13.0 Å². The van der Waals surface area contributed by atoms with E-state index in [9.17, 15) is 14.7 Å². The van der Waals surface area contributed by atoms with E-state index in [1.165, 1.54) is 7.05 Å². The highest BCUT2D eigenvalue weighted by Crippen LogP contribution is 2.32. The second-order valence-corrected chi connectivity index (χ2v) is 6.35. The van der Waals surface area contributed by atoms with E-state index in [1.54, 1.807) is 0 Å². The Balaban J connectivity index is 1.74. The Morgan fingerprint density at radius 3 is 2.85 bits per heavy atom. The minimum absolute atomic E-state index is 0.0290. The Bertz CT molecular complexity index is 1150. The zero-order valence-electron chi connectivity index (χ0n) is 14.5. The number of para-hydroxylation sites is 1. The zero-order chi connectivity index (χ0) is 18.4. The van der Waals surface area contributed by atoms with Gasteiger partial charge in [0.25, 0.3) is 5.56 Å². The Morgan fingerprint density at radius 1 is 1.31 bits per heavy atom. The van der Waals surface area contributed by atoms with Crippen LogP contribution in [0.15, 0.2) is 45.2 Å². The largest absolute Gasteiger partial charge is 0.494 e. The van der Waals surface area contributed by atoms with Gasteiger partial charge in [0.2, 0.25) is 5.88 Å². The molecule has 0 bridgehead atoms. The van der Waals surface area contributed by atoms with Crippen LogP contribution in [0.2, 0.25) is 0 Å². The predicted octanol–water partition coefficient (Wildman–Crippen LogP) is 1.19. The summed E-state index contributed by atoms with van der Waals surface area (Å²) in [5, 5.41) is 15.6. The molecule has 1 atom stereocenters. The van der Waals surface area contributed by atoms with Crippen molar-refractivity contribution in [2.75, 3.05) is 0 Å². The number of aromatic nitrogens is 3. The minimum atomic E-state index is -0.662. The Labute approximate surface area is 148 Å². The van der Waals surface area contributed by atoms with Crippen molar-refractivity contribution in [1.82, 2.24) is 19.5 Å². The van der Waals surface area contributed by atoms with E-state index >= 15 is 0 Å². The molecule has 0 spiro atoms. The van der Waals surface area contributed by atoms with Gasteiger partial charge in [0.15, 0.2) is 0 Å². The van der Waals surface area contributed by atoms with Crippen molar-refractivity contribution in [3.05, 3.63) is 62.4 Å². The summed E-state index contributed by atoms with van der Waals surface area (Å²) in [6.07, 6.45) is 2.53. The van der Waals surface area contributed by atoms with Gasteiger partial charge in [-0.25, -0.2) is 4.79 Å². The second-order valence-electron chi connectivity index (χ2n) is 6.35. The molecule has 2 aromatic heterocycles. The van der Waals surface area contributed by atoms with Gasteiger partial charge in [-0.3, -0.25) is 14.3 Å². The summed E-state index contributed by atoms with van der Waals surface area (Å²) in [5.74, 6) is -0.379. The Hall–Kier alpha value is -3.29. The van der Waals surface area contributed by atoms with Crippen LogP contribution in [-0.4, -0.2) is 24.9 Å². The standard InChI is InChI=1S/C18H19N5O3/c1-3-23-9-11(10-6-4-5-7-14(10)23)12-8-13(21-20-12)15-16(24)19-18(26)22(2)17(15)25/h4-7,9,12,20,25H,3,8H2,1-2H3,(H,19,24,26)/t12-/m1/s1. The number of hydrogen-bond acceptors (Lipinski definition) is 5. The SMILES string of the molecule is CCn1cc([C@H]2CC(c3c(O)n(C)c(=O)[nH]c3=O)=NN2)c2ccccc21. The third-order valence-electron chi connectivity index (χ3n) is 4.87. The summed E-state index contributed by atoms with van der Waals surface area (Å²) >= 11 is 0. The van der Waals surface area contributed by atoms with Crippen LogP contribution in [0.25, 0.3) is 10.9 Å². The third-order valence-corrected chi connectivity index (χ3v) is 4.87. The van der Waals surface area contributed by atoms with Crippen LogP contribution in [0, 0.1) is 0 Å². The summed E-state index contributed by atoms with van der Waals surface area (Å²) in [6, 6.07) is 8.02. The molecule has 0 saturated heterocycles. The average Bonchev–Trinajstić information content (AvgIpc) is 3.24. The van der Waals surface area contributed by atoms with Crippen molar-refractivity contribution in [3.63, 3.8) is 0 Å². The molecule has 0 fully saturated rings. The number of aryl methyl sites for hydroxylation is 1. The number of nitrogens with one attached hydrogen (secondary N) is 2. The molecule has 8 nitrogen and oxygen atoms in total. The number of benzene rings is 1. The molecule has 1 aromatic carbocycles. The van der Waals surface area contributed by atoms with E-state index in [0.717, 1.165) is 27.6 Å². The van der Waals surface area contributed by atoms with E-state index < -0.39 is 11.2 Å². The first-order valence-corrected chi connectivity index (χ1v) is 8.43. The normalized spacial score (nSPS) is 16.7. The highest BCUT2D eigenvalue weighted by Gasteiger charge is 2.28. The molecule has 26 heavy (non-hydrogen) atoms. The molecule has 0 saturated carbocycles. The van der Waals surface area contributed by atoms with Gasteiger partial charge in [0.1, 0.15) is 5.56 Å². The van der Waals surface area contributed by atoms with Gasteiger partial charge in [-0.1, -0.05) is 18.2 Å². The minimum Gasteiger partial charge on any atom is -0.494 e. The Kier molecular flexibility index (Phi) is 3.68. The summed E-state index contributed by atoms with van der Waals surface area (Å²) in [6.45, 7) is 2.94. The third kappa shape index (κ3) is 2.33. The fourth-order valence-electron chi connectivity index (χ4n) is 3.46. The van der Waals surface area contributed by atoms with Crippen LogP contribution >= 0.6 is 0 Å². The molecular formula is C18H19N5O3. The van der Waals surface area contributed by atoms with E-state index in [0.29, 0.717) is 12.1 Å². The summed E-state index contributed by atoms with van der Waals surface area (Å²) in [7, 11) is 1.40. The molecule has 1 aliphatic heterocycles. The first-order valence-electron chi connectivity index (χ1n) is 8.43. The van der Waals surface area contributed by atoms with Gasteiger partial charge < -0.3 is 15.1 Å². The fourth-order valence-corrected chi connectivity index (χ4v) is 3.46. The van der Waals surface area contributed by atoms with Crippen molar-refractivity contribution in [2.24, 2.45) is 12.1 Å². The number of nitrogens with zero attached hydrogens (tertiary/aromatic N) is 3. The zero-order valence-corrected chi connectivity index (χ0v) is 14.5. The first kappa shape index (κ1) is 16.2. The molecular weight excluding hydrogens is 334 g/mol. The molecule has 8 heteroatoms. The highest BCUT2D eigenvalue weighted by atomic mass is 16.3. The number of rotatable bonds is 3. The molecule has 0 amide bonds. The maximum Gasteiger partial charge on any atom is 0.330 e. The maximum absolute atomic E-state index is 12.2. The smallest absolute Gasteiger partial charge is 0.330 e. The number of aromatic amines is 1. The summed E-state index contributed by atoms with van der Waals surface area (Å²) in [5.41, 5.74) is 4.45. The second kappa shape index (κ2) is 5.91. The molecule has 3 N–H and O–H groups in total. The van der Waals surface area contributed by atoms with E-state index in [4.69, 9.17) is 0 Å². The molecule has 0 unspecified atom stereocenters. The lowest BCUT2D eigenvalue weighted by atomic mass is 9.99. The van der Waals surface area contributed by atoms with Crippen molar-refractivity contribution in [3.8, 4) is 5.88 Å². The van der Waals surface area contributed by atoms with Crippen LogP contribution in [0.3, 0.4) is 0 Å². The lowest BCUT2D eigenvalue weighted by Gasteiger charge is -2.09. The number of aromatic hydroxyl groups is 1. The van der Waals surface area contributed by atoms with Gasteiger partial charge >= 0.3 is 5.69 Å². The van der Waals surface area contributed by atoms with Gasteiger partial charge in [0.05, 0.1) is 11.8 Å². The van der Waals surface area contributed by atoms with Crippen LogP contribution in [-0.2, 0) is 13.6 Å². The van der Waals surface area contributed by atoms with Crippen molar-refractivity contribution >= 4 is 16.6 Å². The van der Waals surface area contributed by atoms with Crippen molar-refractivity contribution < 1.29 is 5.11 Å². The van der Waals surface area contributed by atoms with Crippen LogP contribution in [0.5, 0.6) is 5.88 Å². The van der Waals surface area contributed by atoms with Gasteiger partial charge in [-0.2, -0.15) is 5.10 Å². The van der Waals surface area contributed by atoms with E-state index in [2.05, 4.69) is 45.3 Å². The predicted molar refractivity (Wildman–Crippen MR) is 98.6 cm³/mol. The number of hydrogen-bond donors (Lipinski definition) is 3. The molecule has 134 valence electrons. The highest BCUT2D eigenvalue weighted by molar-refractivity contribution is 6.03. The molecule has 4 rings (SSSR count). The van der Waals surface area contributed by atoms with Crippen LogP contribution in [0.1, 0.15) is 30.5 Å². The average molecular weight is 353 g/mol. The molecule has 3 aromatic rings. The van der Waals surface area contributed by atoms with Gasteiger partial charge in [-0.15, -0.1) is 0 Å². The van der Waals surface area contributed by atoms with E-state index in [1.807, 2.05) is 12.1 Å². The van der Waals surface area contributed by atoms with Gasteiger partial charge in [0, 0.05) is 42.7 Å². The molecule has 0 radical (unpaired) electrons. The maximum atomic E-state index is 12.2. The lowest BCUT2D eigenvalue weighted by molar-refractivity contribution is 0.416. The lowest BCUT2D eigenvalue weighted by Crippen LogP contribution is -2.32. The monoisotopic (exact) mass is 353 g/mol.